The maximum atomic E-state index is 6.54. The molecule has 84 valence electrons. The van der Waals surface area contributed by atoms with E-state index in [4.69, 9.17) is 8.54 Å². The van der Waals surface area contributed by atoms with Gasteiger partial charge in [-0.1, -0.05) is 20.8 Å². The van der Waals surface area contributed by atoms with Crippen molar-refractivity contribution >= 4 is 26.2 Å². The molecule has 1 saturated heterocycles. The first kappa shape index (κ1) is 12.6. The predicted octanol–water partition coefficient (Wildman–Crippen LogP) is 1.73. The number of hydrogen-bond donors (Lipinski definition) is 0. The molecule has 0 aromatic carbocycles. The van der Waals surface area contributed by atoms with Gasteiger partial charge in [0.15, 0.2) is 26.2 Å². The monoisotopic (exact) mass is 248 g/mol. The minimum atomic E-state index is -1.29. The maximum Gasteiger partial charge on any atom is 0.178 e. The van der Waals surface area contributed by atoms with Crippen LogP contribution in [0.1, 0.15) is 27.2 Å². The fourth-order valence-electron chi connectivity index (χ4n) is 2.16. The van der Waals surface area contributed by atoms with Crippen molar-refractivity contribution in [3.05, 3.63) is 0 Å². The molecule has 1 heterocycles. The molecule has 0 amide bonds. The van der Waals surface area contributed by atoms with Crippen molar-refractivity contribution in [3.8, 4) is 0 Å². The average Bonchev–Trinajstić information content (AvgIpc) is 2.28. The van der Waals surface area contributed by atoms with Crippen LogP contribution in [0.5, 0.6) is 0 Å². The second-order valence-corrected chi connectivity index (χ2v) is 15.9. The van der Waals surface area contributed by atoms with Gasteiger partial charge in [0.05, 0.1) is 0 Å². The second-order valence-electron chi connectivity index (χ2n) is 4.20. The molecule has 1 fully saturated rings. The summed E-state index contributed by atoms with van der Waals surface area (Å²) in [5.41, 5.74) is 0. The Morgan fingerprint density at radius 1 is 1.29 bits per heavy atom. The third-order valence-electron chi connectivity index (χ3n) is 3.47. The van der Waals surface area contributed by atoms with Crippen LogP contribution in [0.15, 0.2) is 0 Å². The lowest BCUT2D eigenvalue weighted by Gasteiger charge is -2.34. The Morgan fingerprint density at radius 3 is 2.36 bits per heavy atom. The van der Waals surface area contributed by atoms with Crippen LogP contribution < -0.4 is 0 Å². The molecule has 2 nitrogen and oxygen atoms in total. The molecular formula is C9H24O2Si3. The van der Waals surface area contributed by atoms with Gasteiger partial charge < -0.3 is 8.54 Å². The molecule has 1 aliphatic heterocycles. The van der Waals surface area contributed by atoms with Gasteiger partial charge in [-0.2, -0.15) is 0 Å². The zero-order chi connectivity index (χ0) is 10.4. The Labute approximate surface area is 93.0 Å². The fourth-order valence-corrected chi connectivity index (χ4v) is 17.1. The van der Waals surface area contributed by atoms with Crippen LogP contribution in [-0.2, 0) is 8.54 Å². The summed E-state index contributed by atoms with van der Waals surface area (Å²) >= 11 is 0. The molecule has 5 heteroatoms. The van der Waals surface area contributed by atoms with Crippen LogP contribution in [0.2, 0.25) is 24.2 Å². The first-order chi connectivity index (χ1) is 6.76. The van der Waals surface area contributed by atoms with Gasteiger partial charge in [0.1, 0.15) is 0 Å². The van der Waals surface area contributed by atoms with Crippen molar-refractivity contribution in [2.24, 2.45) is 0 Å². The fraction of sp³-hybridized carbons (Fsp3) is 1.00. The van der Waals surface area contributed by atoms with Gasteiger partial charge in [-0.3, -0.25) is 0 Å². The van der Waals surface area contributed by atoms with E-state index in [0.29, 0.717) is 0 Å². The first-order valence-electron chi connectivity index (χ1n) is 6.02. The Hall–Kier alpha value is 0.571. The van der Waals surface area contributed by atoms with E-state index in [9.17, 15) is 0 Å². The smallest absolute Gasteiger partial charge is 0.178 e. The molecule has 0 aromatic heterocycles. The molecule has 0 aromatic rings. The van der Waals surface area contributed by atoms with Crippen molar-refractivity contribution in [2.75, 3.05) is 6.61 Å². The minimum absolute atomic E-state index is 0.234. The molecule has 1 unspecified atom stereocenters. The van der Waals surface area contributed by atoms with Crippen molar-refractivity contribution in [2.45, 2.75) is 51.4 Å². The molecule has 1 rings (SSSR count). The lowest BCUT2D eigenvalue weighted by molar-refractivity contribution is 0.326. The highest BCUT2D eigenvalue weighted by Crippen LogP contribution is 2.24. The van der Waals surface area contributed by atoms with E-state index in [1.54, 1.807) is 0 Å². The molecule has 1 atom stereocenters. The quantitative estimate of drug-likeness (QED) is 0.690. The summed E-state index contributed by atoms with van der Waals surface area (Å²) in [6, 6.07) is 5.31. The van der Waals surface area contributed by atoms with Crippen molar-refractivity contribution in [1.29, 1.82) is 0 Å². The Kier molecular flexibility index (Phi) is 5.61. The van der Waals surface area contributed by atoms with E-state index < -0.39 is 16.9 Å². The van der Waals surface area contributed by atoms with E-state index >= 15 is 0 Å². The summed E-state index contributed by atoms with van der Waals surface area (Å²) < 4.78 is 12.2. The molecule has 0 aliphatic carbocycles. The maximum absolute atomic E-state index is 6.54. The second kappa shape index (κ2) is 6.22. The molecule has 14 heavy (non-hydrogen) atoms. The number of hydrogen-bond acceptors (Lipinski definition) is 2. The van der Waals surface area contributed by atoms with E-state index in [1.807, 2.05) is 0 Å². The van der Waals surface area contributed by atoms with Gasteiger partial charge in [-0.25, -0.2) is 0 Å². The van der Waals surface area contributed by atoms with E-state index in [0.717, 1.165) is 6.61 Å². The van der Waals surface area contributed by atoms with E-state index in [2.05, 4.69) is 20.8 Å². The Balaban J connectivity index is 2.44. The van der Waals surface area contributed by atoms with Crippen LogP contribution in [0.3, 0.4) is 0 Å². The van der Waals surface area contributed by atoms with E-state index in [-0.39, 0.29) is 9.28 Å². The zero-order valence-corrected chi connectivity index (χ0v) is 13.4. The highest BCUT2D eigenvalue weighted by molar-refractivity contribution is 7.09. The highest BCUT2D eigenvalue weighted by atomic mass is 29.2. The van der Waals surface area contributed by atoms with Gasteiger partial charge >= 0.3 is 0 Å². The van der Waals surface area contributed by atoms with Crippen molar-refractivity contribution < 1.29 is 8.54 Å². The summed E-state index contributed by atoms with van der Waals surface area (Å²) in [4.78, 5) is 0. The van der Waals surface area contributed by atoms with E-state index in [1.165, 1.54) is 30.6 Å². The third kappa shape index (κ3) is 3.30. The Morgan fingerprint density at radius 2 is 1.93 bits per heavy atom. The summed E-state index contributed by atoms with van der Waals surface area (Å²) in [6.45, 7) is 7.98. The molecule has 0 bridgehead atoms. The van der Waals surface area contributed by atoms with Gasteiger partial charge in [-0.05, 0) is 30.6 Å². The third-order valence-corrected chi connectivity index (χ3v) is 17.2. The molecule has 0 N–H and O–H groups in total. The summed E-state index contributed by atoms with van der Waals surface area (Å²) in [7, 11) is -2.35. The van der Waals surface area contributed by atoms with Gasteiger partial charge in [0.2, 0.25) is 0 Å². The lowest BCUT2D eigenvalue weighted by Crippen LogP contribution is -2.46. The summed E-state index contributed by atoms with van der Waals surface area (Å²) in [6.07, 6.45) is 1.27. The van der Waals surface area contributed by atoms with Crippen LogP contribution in [-0.4, -0.2) is 32.8 Å². The van der Waals surface area contributed by atoms with Crippen LogP contribution >= 0.6 is 0 Å². The molecular weight excluding hydrogens is 224 g/mol. The zero-order valence-electron chi connectivity index (χ0n) is 9.84. The SMILES string of the molecule is CC[Si](CC)(CC)O[SiH]1CCCO[SiH2]1. The van der Waals surface area contributed by atoms with Crippen molar-refractivity contribution in [1.82, 2.24) is 0 Å². The van der Waals surface area contributed by atoms with Gasteiger partial charge in [-0.15, -0.1) is 0 Å². The van der Waals surface area contributed by atoms with Crippen LogP contribution in [0.4, 0.5) is 0 Å². The highest BCUT2D eigenvalue weighted by Gasteiger charge is 2.33. The Bertz CT molecular complexity index is 148. The van der Waals surface area contributed by atoms with Crippen LogP contribution in [0.25, 0.3) is 0 Å². The van der Waals surface area contributed by atoms with Gasteiger partial charge in [0, 0.05) is 6.61 Å². The molecule has 0 saturated carbocycles. The summed E-state index contributed by atoms with van der Waals surface area (Å²) in [5, 5.41) is 0. The molecule has 0 spiro atoms. The number of rotatable bonds is 5. The van der Waals surface area contributed by atoms with Crippen LogP contribution in [0, 0.1) is 0 Å². The topological polar surface area (TPSA) is 18.5 Å². The molecule has 1 aliphatic rings. The average molecular weight is 249 g/mol. The largest absolute Gasteiger partial charge is 0.458 e. The normalized spacial score (nSPS) is 25.5. The summed E-state index contributed by atoms with van der Waals surface area (Å²) in [5.74, 6) is 0. The molecule has 0 radical (unpaired) electrons. The minimum Gasteiger partial charge on any atom is -0.458 e. The van der Waals surface area contributed by atoms with Gasteiger partial charge in [0.25, 0.3) is 0 Å². The predicted molar refractivity (Wildman–Crippen MR) is 69.4 cm³/mol. The lowest BCUT2D eigenvalue weighted by atomic mass is 10.5. The van der Waals surface area contributed by atoms with Crippen molar-refractivity contribution in [3.63, 3.8) is 0 Å². The first-order valence-corrected chi connectivity index (χ1v) is 13.7. The standard InChI is InChI=1S/C9H24O2Si3/c1-4-14(5-2,6-3)11-13-9-7-8-10-12-13/h13H,4-9,12H2,1-3H3.